The van der Waals surface area contributed by atoms with E-state index in [1.165, 1.54) is 0 Å². The lowest BCUT2D eigenvalue weighted by atomic mass is 9.87. The Morgan fingerprint density at radius 1 is 1.00 bits per heavy atom. The Balaban J connectivity index is 2.01. The van der Waals surface area contributed by atoms with Crippen molar-refractivity contribution < 1.29 is 14.9 Å². The Morgan fingerprint density at radius 2 is 1.66 bits per heavy atom. The van der Waals surface area contributed by atoms with Crippen LogP contribution in [0.1, 0.15) is 17.0 Å². The number of fused-ring (bicyclic) bond motifs is 1. The van der Waals surface area contributed by atoms with Gasteiger partial charge in [-0.1, -0.05) is 60.7 Å². The SMILES string of the molecule is COc1ccc([C@H](C[N+](=O)[O-])c2c(-c3ccccc3)n(O)c3ccccc23)cc1. The van der Waals surface area contributed by atoms with Crippen LogP contribution in [-0.4, -0.2) is 28.5 Å². The lowest BCUT2D eigenvalue weighted by Crippen LogP contribution is -2.15. The molecule has 0 bridgehead atoms. The Bertz CT molecular complexity index is 1150. The van der Waals surface area contributed by atoms with Gasteiger partial charge in [-0.3, -0.25) is 10.1 Å². The van der Waals surface area contributed by atoms with Crippen molar-refractivity contribution in [3.8, 4) is 17.0 Å². The fourth-order valence-electron chi connectivity index (χ4n) is 3.82. The average Bonchev–Trinajstić information content (AvgIpc) is 3.05. The van der Waals surface area contributed by atoms with Crippen LogP contribution in [0.2, 0.25) is 0 Å². The summed E-state index contributed by atoms with van der Waals surface area (Å²) in [6.45, 7) is -0.291. The number of benzene rings is 3. The smallest absolute Gasteiger partial charge is 0.214 e. The van der Waals surface area contributed by atoms with Crippen LogP contribution in [-0.2, 0) is 0 Å². The fraction of sp³-hybridized carbons (Fsp3) is 0.130. The minimum atomic E-state index is -0.538. The molecule has 0 saturated heterocycles. The van der Waals surface area contributed by atoms with E-state index in [0.717, 1.165) is 26.8 Å². The summed E-state index contributed by atoms with van der Waals surface area (Å²) in [5, 5.41) is 23.3. The third kappa shape index (κ3) is 3.40. The van der Waals surface area contributed by atoms with E-state index < -0.39 is 5.92 Å². The monoisotopic (exact) mass is 388 g/mol. The van der Waals surface area contributed by atoms with E-state index in [9.17, 15) is 15.3 Å². The zero-order chi connectivity index (χ0) is 20.4. The molecule has 1 aromatic heterocycles. The summed E-state index contributed by atoms with van der Waals surface area (Å²) in [5.41, 5.74) is 3.49. The van der Waals surface area contributed by atoms with Crippen molar-refractivity contribution in [2.45, 2.75) is 5.92 Å². The van der Waals surface area contributed by atoms with Crippen molar-refractivity contribution in [1.82, 2.24) is 4.73 Å². The molecule has 1 N–H and O–H groups in total. The molecule has 3 aromatic carbocycles. The van der Waals surface area contributed by atoms with Crippen molar-refractivity contribution in [3.63, 3.8) is 0 Å². The molecule has 0 unspecified atom stereocenters. The highest BCUT2D eigenvalue weighted by atomic mass is 16.6. The quantitative estimate of drug-likeness (QED) is 0.288. The van der Waals surface area contributed by atoms with Gasteiger partial charge in [-0.25, -0.2) is 0 Å². The van der Waals surface area contributed by atoms with E-state index in [0.29, 0.717) is 17.0 Å². The molecule has 0 saturated carbocycles. The van der Waals surface area contributed by atoms with Crippen LogP contribution in [0.3, 0.4) is 0 Å². The highest BCUT2D eigenvalue weighted by molar-refractivity contribution is 5.92. The van der Waals surface area contributed by atoms with Gasteiger partial charge in [0, 0.05) is 21.4 Å². The minimum absolute atomic E-state index is 0.291. The van der Waals surface area contributed by atoms with Gasteiger partial charge in [0.25, 0.3) is 0 Å². The van der Waals surface area contributed by atoms with Crippen LogP contribution in [0.5, 0.6) is 5.75 Å². The fourth-order valence-corrected chi connectivity index (χ4v) is 3.82. The molecule has 0 spiro atoms. The maximum absolute atomic E-state index is 11.6. The van der Waals surface area contributed by atoms with E-state index >= 15 is 0 Å². The molecule has 4 rings (SSSR count). The maximum Gasteiger partial charge on any atom is 0.214 e. The molecule has 0 radical (unpaired) electrons. The molecule has 1 atom stereocenters. The van der Waals surface area contributed by atoms with Crippen molar-refractivity contribution in [3.05, 3.63) is 100 Å². The van der Waals surface area contributed by atoms with E-state index in [1.54, 1.807) is 19.2 Å². The normalized spacial score (nSPS) is 12.0. The summed E-state index contributed by atoms with van der Waals surface area (Å²) in [4.78, 5) is 11.3. The third-order valence-electron chi connectivity index (χ3n) is 5.13. The van der Waals surface area contributed by atoms with Crippen molar-refractivity contribution >= 4 is 10.9 Å². The summed E-state index contributed by atoms with van der Waals surface area (Å²) in [6, 6.07) is 24.1. The van der Waals surface area contributed by atoms with Gasteiger partial charge in [0.1, 0.15) is 5.75 Å². The number of rotatable bonds is 6. The molecule has 0 aliphatic carbocycles. The van der Waals surface area contributed by atoms with Gasteiger partial charge in [-0.15, -0.1) is 0 Å². The summed E-state index contributed by atoms with van der Waals surface area (Å²) in [6.07, 6.45) is 0. The van der Waals surface area contributed by atoms with Crippen LogP contribution >= 0.6 is 0 Å². The number of ether oxygens (including phenoxy) is 1. The second-order valence-electron chi connectivity index (χ2n) is 6.80. The molecule has 4 aromatic rings. The predicted molar refractivity (Wildman–Crippen MR) is 111 cm³/mol. The molecule has 1 heterocycles. The number of hydrogen-bond donors (Lipinski definition) is 1. The Kier molecular flexibility index (Phi) is 4.91. The van der Waals surface area contributed by atoms with Crippen molar-refractivity contribution in [2.75, 3.05) is 13.7 Å². The largest absolute Gasteiger partial charge is 0.497 e. The Hall–Kier alpha value is -3.80. The number of aromatic nitrogens is 1. The first-order valence-electron chi connectivity index (χ1n) is 9.24. The number of nitro groups is 1. The van der Waals surface area contributed by atoms with Crippen molar-refractivity contribution in [2.24, 2.45) is 0 Å². The summed E-state index contributed by atoms with van der Waals surface area (Å²) in [5.74, 6) is 0.144. The molecule has 0 aliphatic heterocycles. The van der Waals surface area contributed by atoms with Gasteiger partial charge >= 0.3 is 0 Å². The van der Waals surface area contributed by atoms with Crippen LogP contribution < -0.4 is 4.74 Å². The van der Waals surface area contributed by atoms with Crippen LogP contribution in [0.4, 0.5) is 0 Å². The summed E-state index contributed by atoms with van der Waals surface area (Å²) >= 11 is 0. The van der Waals surface area contributed by atoms with E-state index in [1.807, 2.05) is 66.7 Å². The number of para-hydroxylation sites is 1. The topological polar surface area (TPSA) is 77.5 Å². The molecule has 6 heteroatoms. The molecular formula is C23H20N2O4. The van der Waals surface area contributed by atoms with Crippen LogP contribution in [0.25, 0.3) is 22.2 Å². The standard InChI is InChI=1S/C23H20N2O4/c1-29-18-13-11-16(12-14-18)20(15-24(26)27)22-19-9-5-6-10-21(19)25(28)23(22)17-7-3-2-4-8-17/h2-14,20,28H,15H2,1H3/t20-/m0/s1. The van der Waals surface area contributed by atoms with E-state index in [4.69, 9.17) is 4.74 Å². The first-order valence-corrected chi connectivity index (χ1v) is 9.24. The average molecular weight is 388 g/mol. The lowest BCUT2D eigenvalue weighted by molar-refractivity contribution is -0.481. The summed E-state index contributed by atoms with van der Waals surface area (Å²) in [7, 11) is 1.58. The maximum atomic E-state index is 11.6. The number of hydrogen-bond acceptors (Lipinski definition) is 4. The van der Waals surface area contributed by atoms with Crippen LogP contribution in [0, 0.1) is 10.1 Å². The Labute approximate surface area is 167 Å². The zero-order valence-corrected chi connectivity index (χ0v) is 15.9. The molecular weight excluding hydrogens is 368 g/mol. The molecule has 29 heavy (non-hydrogen) atoms. The first-order chi connectivity index (χ1) is 14.1. The zero-order valence-electron chi connectivity index (χ0n) is 15.9. The van der Waals surface area contributed by atoms with E-state index in [2.05, 4.69) is 0 Å². The molecule has 6 nitrogen and oxygen atoms in total. The highest BCUT2D eigenvalue weighted by Gasteiger charge is 2.29. The first kappa shape index (κ1) is 18.6. The third-order valence-corrected chi connectivity index (χ3v) is 5.13. The van der Waals surface area contributed by atoms with Gasteiger partial charge in [-0.2, -0.15) is 4.73 Å². The summed E-state index contributed by atoms with van der Waals surface area (Å²) < 4.78 is 6.36. The highest BCUT2D eigenvalue weighted by Crippen LogP contribution is 2.40. The van der Waals surface area contributed by atoms with Gasteiger partial charge in [-0.05, 0) is 23.8 Å². The van der Waals surface area contributed by atoms with E-state index in [-0.39, 0.29) is 11.5 Å². The van der Waals surface area contributed by atoms with Gasteiger partial charge in [0.15, 0.2) is 0 Å². The predicted octanol–water partition coefficient (Wildman–Crippen LogP) is 4.96. The van der Waals surface area contributed by atoms with Crippen LogP contribution in [0.15, 0.2) is 78.9 Å². The van der Waals surface area contributed by atoms with Crippen molar-refractivity contribution in [1.29, 1.82) is 0 Å². The molecule has 146 valence electrons. The molecule has 0 fully saturated rings. The molecule has 0 amide bonds. The number of methoxy groups -OCH3 is 1. The second kappa shape index (κ2) is 7.67. The minimum Gasteiger partial charge on any atom is -0.497 e. The second-order valence-corrected chi connectivity index (χ2v) is 6.80. The molecule has 0 aliphatic rings. The van der Waals surface area contributed by atoms with Gasteiger partial charge in [0.05, 0.1) is 24.2 Å². The lowest BCUT2D eigenvalue weighted by Gasteiger charge is -2.16. The van der Waals surface area contributed by atoms with Gasteiger partial charge < -0.3 is 9.94 Å². The number of nitrogens with zero attached hydrogens (tertiary/aromatic N) is 2. The Morgan fingerprint density at radius 3 is 2.31 bits per heavy atom. The van der Waals surface area contributed by atoms with Gasteiger partial charge in [0.2, 0.25) is 6.54 Å².